The molecule has 23 heavy (non-hydrogen) atoms. The first-order chi connectivity index (χ1) is 11.3. The van der Waals surface area contributed by atoms with Crippen molar-refractivity contribution in [2.75, 3.05) is 5.75 Å². The SMILES string of the molecule is CCCCCCCCCCCCSC(C)/C=C/c1ccccc1. The molecular formula is C22H36S. The standard InChI is InChI=1S/C22H36S/c1-3-4-5-6-7-8-9-10-11-15-20-23-21(2)18-19-22-16-13-12-14-17-22/h12-14,16-19,21H,3-11,15,20H2,1-2H3/b19-18+. The van der Waals surface area contributed by atoms with E-state index in [9.17, 15) is 0 Å². The smallest absolute Gasteiger partial charge is 0.0201 e. The van der Waals surface area contributed by atoms with E-state index in [0.717, 1.165) is 0 Å². The Bertz CT molecular complexity index is 382. The average molecular weight is 333 g/mol. The summed E-state index contributed by atoms with van der Waals surface area (Å²) in [7, 11) is 0. The van der Waals surface area contributed by atoms with Gasteiger partial charge in [0.05, 0.1) is 0 Å². The zero-order chi connectivity index (χ0) is 16.6. The molecule has 0 aliphatic carbocycles. The number of thioether (sulfide) groups is 1. The molecule has 1 aromatic rings. The predicted molar refractivity (Wildman–Crippen MR) is 109 cm³/mol. The number of benzene rings is 1. The van der Waals surface area contributed by atoms with Gasteiger partial charge in [0.2, 0.25) is 0 Å². The van der Waals surface area contributed by atoms with Crippen LogP contribution in [0.25, 0.3) is 6.08 Å². The van der Waals surface area contributed by atoms with Crippen LogP contribution in [-0.2, 0) is 0 Å². The summed E-state index contributed by atoms with van der Waals surface area (Å²) >= 11 is 2.09. The largest absolute Gasteiger partial charge is 0.155 e. The van der Waals surface area contributed by atoms with Gasteiger partial charge in [-0.2, -0.15) is 11.8 Å². The molecule has 0 radical (unpaired) electrons. The lowest BCUT2D eigenvalue weighted by molar-refractivity contribution is 0.563. The Hall–Kier alpha value is -0.690. The Labute approximate surface area is 149 Å². The summed E-state index contributed by atoms with van der Waals surface area (Å²) in [6, 6.07) is 10.6. The second-order valence-electron chi connectivity index (χ2n) is 6.53. The second kappa shape index (κ2) is 14.9. The highest BCUT2D eigenvalue weighted by Crippen LogP contribution is 2.17. The number of unbranched alkanes of at least 4 members (excludes halogenated alkanes) is 9. The van der Waals surface area contributed by atoms with Crippen LogP contribution in [0.4, 0.5) is 0 Å². The molecule has 0 saturated carbocycles. The van der Waals surface area contributed by atoms with Crippen LogP contribution in [0.5, 0.6) is 0 Å². The molecule has 0 bridgehead atoms. The summed E-state index contributed by atoms with van der Waals surface area (Å²) in [5, 5.41) is 0.619. The molecule has 1 rings (SSSR count). The molecule has 0 saturated heterocycles. The molecule has 0 spiro atoms. The first kappa shape index (κ1) is 20.4. The van der Waals surface area contributed by atoms with Gasteiger partial charge in [0, 0.05) is 5.25 Å². The van der Waals surface area contributed by atoms with Crippen LogP contribution >= 0.6 is 11.8 Å². The van der Waals surface area contributed by atoms with E-state index in [1.807, 2.05) is 0 Å². The molecule has 0 heterocycles. The maximum Gasteiger partial charge on any atom is 0.0201 e. The molecule has 0 nitrogen and oxygen atoms in total. The van der Waals surface area contributed by atoms with E-state index in [2.05, 4.69) is 68.1 Å². The van der Waals surface area contributed by atoms with Crippen molar-refractivity contribution < 1.29 is 0 Å². The molecule has 0 amide bonds. The van der Waals surface area contributed by atoms with Crippen LogP contribution in [0.3, 0.4) is 0 Å². The lowest BCUT2D eigenvalue weighted by Crippen LogP contribution is -1.92. The molecule has 1 unspecified atom stereocenters. The third kappa shape index (κ3) is 12.4. The van der Waals surface area contributed by atoms with Crippen LogP contribution in [0, 0.1) is 0 Å². The lowest BCUT2D eigenvalue weighted by Gasteiger charge is -2.06. The predicted octanol–water partition coefficient (Wildman–Crippen LogP) is 7.74. The van der Waals surface area contributed by atoms with Gasteiger partial charge in [0.1, 0.15) is 0 Å². The van der Waals surface area contributed by atoms with Gasteiger partial charge >= 0.3 is 0 Å². The summed E-state index contributed by atoms with van der Waals surface area (Å²) in [6.45, 7) is 4.59. The van der Waals surface area contributed by atoms with Crippen molar-refractivity contribution in [2.45, 2.75) is 83.3 Å². The first-order valence-electron chi connectivity index (χ1n) is 9.67. The Balaban J connectivity index is 1.89. The molecule has 0 N–H and O–H groups in total. The normalized spacial score (nSPS) is 12.8. The maximum absolute atomic E-state index is 2.33. The van der Waals surface area contributed by atoms with Crippen LogP contribution in [0.2, 0.25) is 0 Å². The number of hydrogen-bond donors (Lipinski definition) is 0. The molecular weight excluding hydrogens is 296 g/mol. The minimum atomic E-state index is 0.619. The Morgan fingerprint density at radius 1 is 0.826 bits per heavy atom. The van der Waals surface area contributed by atoms with Gasteiger partial charge in [-0.15, -0.1) is 0 Å². The van der Waals surface area contributed by atoms with Crippen molar-refractivity contribution >= 4 is 17.8 Å². The van der Waals surface area contributed by atoms with Crippen molar-refractivity contribution in [1.29, 1.82) is 0 Å². The molecule has 1 aromatic carbocycles. The Morgan fingerprint density at radius 3 is 2.00 bits per heavy atom. The fourth-order valence-corrected chi connectivity index (χ4v) is 3.66. The Kier molecular flexibility index (Phi) is 13.2. The van der Waals surface area contributed by atoms with Gasteiger partial charge in [-0.05, 0) is 24.7 Å². The molecule has 1 heteroatoms. The van der Waals surface area contributed by atoms with Crippen LogP contribution in [0.15, 0.2) is 36.4 Å². The average Bonchev–Trinajstić information content (AvgIpc) is 2.59. The van der Waals surface area contributed by atoms with Gasteiger partial charge < -0.3 is 0 Å². The molecule has 130 valence electrons. The highest BCUT2D eigenvalue weighted by atomic mass is 32.2. The summed E-state index contributed by atoms with van der Waals surface area (Å²) in [5.41, 5.74) is 1.30. The van der Waals surface area contributed by atoms with Crippen LogP contribution in [0.1, 0.15) is 83.6 Å². The van der Waals surface area contributed by atoms with E-state index < -0.39 is 0 Å². The van der Waals surface area contributed by atoms with E-state index >= 15 is 0 Å². The third-order valence-electron chi connectivity index (χ3n) is 4.24. The second-order valence-corrected chi connectivity index (χ2v) is 8.01. The maximum atomic E-state index is 2.33. The minimum Gasteiger partial charge on any atom is -0.155 e. The van der Waals surface area contributed by atoms with Gasteiger partial charge in [0.15, 0.2) is 0 Å². The quantitative estimate of drug-likeness (QED) is 0.314. The molecule has 0 aliphatic rings. The van der Waals surface area contributed by atoms with E-state index in [4.69, 9.17) is 0 Å². The number of hydrogen-bond acceptors (Lipinski definition) is 1. The monoisotopic (exact) mass is 332 g/mol. The molecule has 0 fully saturated rings. The van der Waals surface area contributed by atoms with Crippen molar-refractivity contribution in [1.82, 2.24) is 0 Å². The first-order valence-corrected chi connectivity index (χ1v) is 10.7. The zero-order valence-electron chi connectivity index (χ0n) is 15.3. The summed E-state index contributed by atoms with van der Waals surface area (Å²) < 4.78 is 0. The molecule has 1 atom stereocenters. The van der Waals surface area contributed by atoms with Gasteiger partial charge in [-0.25, -0.2) is 0 Å². The van der Waals surface area contributed by atoms with E-state index in [0.29, 0.717) is 5.25 Å². The third-order valence-corrected chi connectivity index (χ3v) is 5.45. The number of rotatable bonds is 14. The fraction of sp³-hybridized carbons (Fsp3) is 0.636. The molecule has 0 aliphatic heterocycles. The Morgan fingerprint density at radius 2 is 1.39 bits per heavy atom. The minimum absolute atomic E-state index is 0.619. The topological polar surface area (TPSA) is 0 Å². The summed E-state index contributed by atoms with van der Waals surface area (Å²) in [6.07, 6.45) is 18.8. The summed E-state index contributed by atoms with van der Waals surface area (Å²) in [4.78, 5) is 0. The van der Waals surface area contributed by atoms with Crippen LogP contribution < -0.4 is 0 Å². The van der Waals surface area contributed by atoms with E-state index in [1.54, 1.807) is 0 Å². The van der Waals surface area contributed by atoms with Gasteiger partial charge in [-0.1, -0.05) is 107 Å². The van der Waals surface area contributed by atoms with Crippen molar-refractivity contribution in [3.05, 3.63) is 42.0 Å². The summed E-state index contributed by atoms with van der Waals surface area (Å²) in [5.74, 6) is 1.30. The lowest BCUT2D eigenvalue weighted by atomic mass is 10.1. The van der Waals surface area contributed by atoms with Gasteiger partial charge in [0.25, 0.3) is 0 Å². The van der Waals surface area contributed by atoms with Crippen molar-refractivity contribution in [2.24, 2.45) is 0 Å². The van der Waals surface area contributed by atoms with Crippen LogP contribution in [-0.4, -0.2) is 11.0 Å². The van der Waals surface area contributed by atoms with E-state index in [1.165, 1.54) is 75.5 Å². The van der Waals surface area contributed by atoms with E-state index in [-0.39, 0.29) is 0 Å². The van der Waals surface area contributed by atoms with Crippen molar-refractivity contribution in [3.8, 4) is 0 Å². The van der Waals surface area contributed by atoms with Gasteiger partial charge in [-0.3, -0.25) is 0 Å². The highest BCUT2D eigenvalue weighted by Gasteiger charge is 1.98. The zero-order valence-corrected chi connectivity index (χ0v) is 16.1. The fourth-order valence-electron chi connectivity index (χ4n) is 2.73. The molecule has 0 aromatic heterocycles. The van der Waals surface area contributed by atoms with Crippen molar-refractivity contribution in [3.63, 3.8) is 0 Å². The highest BCUT2D eigenvalue weighted by molar-refractivity contribution is 8.00.